The summed E-state index contributed by atoms with van der Waals surface area (Å²) in [7, 11) is 0. The van der Waals surface area contributed by atoms with Crippen molar-refractivity contribution in [1.82, 2.24) is 4.98 Å². The SMILES string of the molecule is NC(=O)C(Cc1ccc(/C(N)=N/O)cc1)c1cccnc1. The molecule has 5 N–H and O–H groups in total. The number of amides is 1. The maximum atomic E-state index is 11.6. The summed E-state index contributed by atoms with van der Waals surface area (Å²) in [5, 5.41) is 11.6. The van der Waals surface area contributed by atoms with Gasteiger partial charge in [-0.15, -0.1) is 0 Å². The molecule has 2 aromatic rings. The molecule has 0 saturated heterocycles. The van der Waals surface area contributed by atoms with Crippen LogP contribution in [0.25, 0.3) is 0 Å². The maximum Gasteiger partial charge on any atom is 0.225 e. The van der Waals surface area contributed by atoms with Crippen molar-refractivity contribution in [2.24, 2.45) is 16.6 Å². The Labute approximate surface area is 122 Å². The lowest BCUT2D eigenvalue weighted by Crippen LogP contribution is -2.23. The minimum absolute atomic E-state index is 0.0419. The molecule has 1 heterocycles. The van der Waals surface area contributed by atoms with E-state index in [1.54, 1.807) is 30.6 Å². The zero-order valence-electron chi connectivity index (χ0n) is 11.3. The first-order chi connectivity index (χ1) is 10.1. The molecule has 0 aliphatic heterocycles. The number of primary amides is 1. The van der Waals surface area contributed by atoms with Crippen LogP contribution in [0.3, 0.4) is 0 Å². The molecular formula is C15H16N4O2. The number of carbonyl (C=O) groups excluding carboxylic acids is 1. The molecule has 0 radical (unpaired) electrons. The minimum Gasteiger partial charge on any atom is -0.409 e. The topological polar surface area (TPSA) is 115 Å². The smallest absolute Gasteiger partial charge is 0.225 e. The van der Waals surface area contributed by atoms with Crippen LogP contribution < -0.4 is 11.5 Å². The van der Waals surface area contributed by atoms with E-state index in [9.17, 15) is 4.79 Å². The summed E-state index contributed by atoms with van der Waals surface area (Å²) in [5.74, 6) is -0.794. The van der Waals surface area contributed by atoms with Gasteiger partial charge in [-0.2, -0.15) is 0 Å². The molecule has 1 aromatic carbocycles. The number of rotatable bonds is 5. The van der Waals surface area contributed by atoms with Crippen LogP contribution >= 0.6 is 0 Å². The molecule has 0 fully saturated rings. The lowest BCUT2D eigenvalue weighted by Gasteiger charge is -2.13. The Morgan fingerprint density at radius 3 is 2.48 bits per heavy atom. The molecule has 0 aliphatic carbocycles. The fourth-order valence-electron chi connectivity index (χ4n) is 2.07. The quantitative estimate of drug-likeness (QED) is 0.328. The van der Waals surface area contributed by atoms with Crippen LogP contribution in [0.4, 0.5) is 0 Å². The second-order valence-electron chi connectivity index (χ2n) is 4.63. The van der Waals surface area contributed by atoms with E-state index in [-0.39, 0.29) is 5.84 Å². The summed E-state index contributed by atoms with van der Waals surface area (Å²) >= 11 is 0. The molecule has 108 valence electrons. The van der Waals surface area contributed by atoms with Gasteiger partial charge < -0.3 is 16.7 Å². The zero-order valence-corrected chi connectivity index (χ0v) is 11.3. The van der Waals surface area contributed by atoms with Crippen LogP contribution in [0.1, 0.15) is 22.6 Å². The average Bonchev–Trinajstić information content (AvgIpc) is 2.53. The number of oxime groups is 1. The summed E-state index contributed by atoms with van der Waals surface area (Å²) < 4.78 is 0. The van der Waals surface area contributed by atoms with Crippen molar-refractivity contribution in [2.45, 2.75) is 12.3 Å². The zero-order chi connectivity index (χ0) is 15.2. The molecule has 6 nitrogen and oxygen atoms in total. The fraction of sp³-hybridized carbons (Fsp3) is 0.133. The summed E-state index contributed by atoms with van der Waals surface area (Å²) in [6, 6.07) is 10.7. The molecule has 1 atom stereocenters. The summed E-state index contributed by atoms with van der Waals surface area (Å²) in [6.45, 7) is 0. The van der Waals surface area contributed by atoms with Crippen molar-refractivity contribution in [3.8, 4) is 0 Å². The van der Waals surface area contributed by atoms with E-state index < -0.39 is 11.8 Å². The first-order valence-corrected chi connectivity index (χ1v) is 6.38. The average molecular weight is 284 g/mol. The van der Waals surface area contributed by atoms with Crippen LogP contribution in [0, 0.1) is 0 Å². The van der Waals surface area contributed by atoms with Gasteiger partial charge in [0.2, 0.25) is 5.91 Å². The Kier molecular flexibility index (Phi) is 4.50. The lowest BCUT2D eigenvalue weighted by molar-refractivity contribution is -0.119. The van der Waals surface area contributed by atoms with Gasteiger partial charge in [-0.1, -0.05) is 35.5 Å². The van der Waals surface area contributed by atoms with Gasteiger partial charge in [0.25, 0.3) is 0 Å². The predicted molar refractivity (Wildman–Crippen MR) is 78.8 cm³/mol. The molecule has 21 heavy (non-hydrogen) atoms. The third kappa shape index (κ3) is 3.56. The maximum absolute atomic E-state index is 11.6. The molecule has 0 aliphatic rings. The molecular weight excluding hydrogens is 268 g/mol. The van der Waals surface area contributed by atoms with Gasteiger partial charge >= 0.3 is 0 Å². The molecule has 0 bridgehead atoms. The second-order valence-corrected chi connectivity index (χ2v) is 4.63. The highest BCUT2D eigenvalue weighted by molar-refractivity contribution is 5.97. The van der Waals surface area contributed by atoms with Gasteiger partial charge in [-0.3, -0.25) is 9.78 Å². The Balaban J connectivity index is 2.20. The van der Waals surface area contributed by atoms with Gasteiger partial charge in [0.05, 0.1) is 5.92 Å². The molecule has 0 spiro atoms. The van der Waals surface area contributed by atoms with Crippen molar-refractivity contribution in [3.63, 3.8) is 0 Å². The lowest BCUT2D eigenvalue weighted by atomic mass is 9.92. The normalized spacial score (nSPS) is 12.9. The molecule has 0 saturated carbocycles. The largest absolute Gasteiger partial charge is 0.409 e. The van der Waals surface area contributed by atoms with E-state index >= 15 is 0 Å². The third-order valence-corrected chi connectivity index (χ3v) is 3.23. The number of amidine groups is 1. The van der Waals surface area contributed by atoms with Crippen LogP contribution in [0.5, 0.6) is 0 Å². The first-order valence-electron chi connectivity index (χ1n) is 6.38. The van der Waals surface area contributed by atoms with Crippen LogP contribution in [-0.4, -0.2) is 21.9 Å². The Morgan fingerprint density at radius 2 is 1.95 bits per heavy atom. The Hall–Kier alpha value is -2.89. The number of carbonyl (C=O) groups is 1. The monoisotopic (exact) mass is 284 g/mol. The van der Waals surface area contributed by atoms with Gasteiger partial charge in [0.15, 0.2) is 5.84 Å². The minimum atomic E-state index is -0.437. The summed E-state index contributed by atoms with van der Waals surface area (Å²) in [6.07, 6.45) is 3.75. The predicted octanol–water partition coefficient (Wildman–Crippen LogP) is 0.988. The number of pyridine rings is 1. The van der Waals surface area contributed by atoms with Crippen molar-refractivity contribution < 1.29 is 10.0 Å². The Bertz CT molecular complexity index is 638. The van der Waals surface area contributed by atoms with Gasteiger partial charge in [0, 0.05) is 18.0 Å². The van der Waals surface area contributed by atoms with Gasteiger partial charge in [-0.05, 0) is 23.6 Å². The highest BCUT2D eigenvalue weighted by Crippen LogP contribution is 2.20. The van der Waals surface area contributed by atoms with E-state index in [4.69, 9.17) is 16.7 Å². The highest BCUT2D eigenvalue weighted by Gasteiger charge is 2.18. The van der Waals surface area contributed by atoms with E-state index in [2.05, 4.69) is 10.1 Å². The van der Waals surface area contributed by atoms with E-state index in [1.807, 2.05) is 18.2 Å². The van der Waals surface area contributed by atoms with Gasteiger partial charge in [0.1, 0.15) is 0 Å². The van der Waals surface area contributed by atoms with Crippen molar-refractivity contribution >= 4 is 11.7 Å². The standard InChI is InChI=1S/C15H16N4O2/c16-14(19-21)11-5-3-10(4-6-11)8-13(15(17)20)12-2-1-7-18-9-12/h1-7,9,13,21H,8H2,(H2,16,19)(H2,17,20). The molecule has 1 aromatic heterocycles. The number of hydrogen-bond donors (Lipinski definition) is 3. The molecule has 1 unspecified atom stereocenters. The molecule has 2 rings (SSSR count). The van der Waals surface area contributed by atoms with Crippen molar-refractivity contribution in [1.29, 1.82) is 0 Å². The number of nitrogens with two attached hydrogens (primary N) is 2. The van der Waals surface area contributed by atoms with Crippen LogP contribution in [-0.2, 0) is 11.2 Å². The van der Waals surface area contributed by atoms with Crippen LogP contribution in [0.15, 0.2) is 53.9 Å². The van der Waals surface area contributed by atoms with E-state index in [1.165, 1.54) is 0 Å². The van der Waals surface area contributed by atoms with E-state index in [0.29, 0.717) is 12.0 Å². The fourth-order valence-corrected chi connectivity index (χ4v) is 2.07. The number of nitrogens with zero attached hydrogens (tertiary/aromatic N) is 2. The Morgan fingerprint density at radius 1 is 1.24 bits per heavy atom. The highest BCUT2D eigenvalue weighted by atomic mass is 16.4. The van der Waals surface area contributed by atoms with Crippen LogP contribution in [0.2, 0.25) is 0 Å². The molecule has 6 heteroatoms. The summed E-state index contributed by atoms with van der Waals surface area (Å²) in [5.41, 5.74) is 13.3. The number of hydrogen-bond acceptors (Lipinski definition) is 4. The number of benzene rings is 1. The summed E-state index contributed by atoms with van der Waals surface area (Å²) in [4.78, 5) is 15.7. The third-order valence-electron chi connectivity index (χ3n) is 3.23. The molecule has 1 amide bonds. The van der Waals surface area contributed by atoms with Crippen molar-refractivity contribution in [3.05, 3.63) is 65.5 Å². The van der Waals surface area contributed by atoms with Crippen molar-refractivity contribution in [2.75, 3.05) is 0 Å². The van der Waals surface area contributed by atoms with E-state index in [0.717, 1.165) is 11.1 Å². The second kappa shape index (κ2) is 6.51. The van der Waals surface area contributed by atoms with Gasteiger partial charge in [-0.25, -0.2) is 0 Å². The first kappa shape index (κ1) is 14.5. The number of aromatic nitrogens is 1.